The average Bonchev–Trinajstić information content (AvgIpc) is 2.32. The fourth-order valence-corrected chi connectivity index (χ4v) is 4.22. The van der Waals surface area contributed by atoms with Crippen molar-refractivity contribution in [3.05, 3.63) is 0 Å². The number of rotatable bonds is 3. The van der Waals surface area contributed by atoms with E-state index in [1.807, 2.05) is 0 Å². The molecule has 1 saturated heterocycles. The highest BCUT2D eigenvalue weighted by Crippen LogP contribution is 2.35. The summed E-state index contributed by atoms with van der Waals surface area (Å²) in [6.45, 7) is 8.36. The van der Waals surface area contributed by atoms with Gasteiger partial charge in [0.25, 0.3) is 0 Å². The molecule has 1 saturated carbocycles. The Morgan fingerprint density at radius 3 is 2.32 bits per heavy atom. The van der Waals surface area contributed by atoms with Gasteiger partial charge in [-0.25, -0.2) is 0 Å². The van der Waals surface area contributed by atoms with Crippen molar-refractivity contribution in [3.63, 3.8) is 0 Å². The van der Waals surface area contributed by atoms with Crippen LogP contribution in [0.3, 0.4) is 0 Å². The van der Waals surface area contributed by atoms with Gasteiger partial charge >= 0.3 is 0 Å². The summed E-state index contributed by atoms with van der Waals surface area (Å²) in [4.78, 5) is 4.96. The minimum Gasteiger partial charge on any atom is -0.327 e. The largest absolute Gasteiger partial charge is 0.327 e. The van der Waals surface area contributed by atoms with Crippen molar-refractivity contribution in [2.45, 2.75) is 51.6 Å². The van der Waals surface area contributed by atoms with E-state index in [1.54, 1.807) is 0 Å². The first-order chi connectivity index (χ1) is 8.95. The maximum atomic E-state index is 6.57. The summed E-state index contributed by atoms with van der Waals surface area (Å²) in [5.74, 6) is 2.48. The zero-order valence-electron chi connectivity index (χ0n) is 13.3. The van der Waals surface area contributed by atoms with Crippen molar-refractivity contribution >= 4 is 0 Å². The van der Waals surface area contributed by atoms with Crippen molar-refractivity contribution < 1.29 is 0 Å². The minimum absolute atomic E-state index is 0.393. The van der Waals surface area contributed by atoms with Gasteiger partial charge in [0.15, 0.2) is 0 Å². The maximum Gasteiger partial charge on any atom is 0.0235 e. The molecule has 2 N–H and O–H groups in total. The molecule has 4 atom stereocenters. The van der Waals surface area contributed by atoms with Crippen molar-refractivity contribution in [3.8, 4) is 0 Å². The van der Waals surface area contributed by atoms with Crippen LogP contribution in [0.5, 0.6) is 0 Å². The van der Waals surface area contributed by atoms with Crippen LogP contribution in [0.25, 0.3) is 0 Å². The lowest BCUT2D eigenvalue weighted by Crippen LogP contribution is -2.52. The predicted octanol–water partition coefficient (Wildman–Crippen LogP) is 2.02. The summed E-state index contributed by atoms with van der Waals surface area (Å²) < 4.78 is 0. The molecule has 0 aromatic heterocycles. The van der Waals surface area contributed by atoms with Crippen molar-refractivity contribution in [1.82, 2.24) is 9.80 Å². The number of hydrogen-bond acceptors (Lipinski definition) is 3. The molecule has 2 rings (SSSR count). The van der Waals surface area contributed by atoms with Crippen LogP contribution < -0.4 is 5.73 Å². The number of nitrogens with zero attached hydrogens (tertiary/aromatic N) is 2. The molecule has 0 spiro atoms. The summed E-state index contributed by atoms with van der Waals surface area (Å²) in [5.41, 5.74) is 6.57. The standard InChI is InChI=1S/C16H33N3/c1-12-7-13(2)9-14(8-12)16(17)10-15-11-18(3)5-6-19(15)4/h12-16H,5-11,17H2,1-4H3. The monoisotopic (exact) mass is 267 g/mol. The smallest absolute Gasteiger partial charge is 0.0235 e. The molecule has 2 aliphatic rings. The third kappa shape index (κ3) is 4.17. The first-order valence-corrected chi connectivity index (χ1v) is 8.10. The zero-order chi connectivity index (χ0) is 14.0. The lowest BCUT2D eigenvalue weighted by atomic mass is 9.73. The molecule has 0 amide bonds. The summed E-state index contributed by atoms with van der Waals surface area (Å²) >= 11 is 0. The molecule has 3 nitrogen and oxygen atoms in total. The normalized spacial score (nSPS) is 40.3. The Hall–Kier alpha value is -0.120. The van der Waals surface area contributed by atoms with Crippen molar-refractivity contribution in [1.29, 1.82) is 0 Å². The topological polar surface area (TPSA) is 32.5 Å². The van der Waals surface area contributed by atoms with Crippen LogP contribution in [0.1, 0.15) is 39.5 Å². The third-order valence-corrected chi connectivity index (χ3v) is 5.34. The molecule has 0 bridgehead atoms. The Labute approximate surface area is 119 Å². The molecular formula is C16H33N3. The van der Waals surface area contributed by atoms with Crippen molar-refractivity contribution in [2.24, 2.45) is 23.5 Å². The van der Waals surface area contributed by atoms with Crippen LogP contribution >= 0.6 is 0 Å². The van der Waals surface area contributed by atoms with E-state index in [2.05, 4.69) is 37.7 Å². The van der Waals surface area contributed by atoms with Gasteiger partial charge in [-0.2, -0.15) is 0 Å². The molecule has 3 heteroatoms. The number of nitrogens with two attached hydrogens (primary N) is 1. The van der Waals surface area contributed by atoms with Gasteiger partial charge < -0.3 is 15.5 Å². The van der Waals surface area contributed by atoms with E-state index in [-0.39, 0.29) is 0 Å². The first kappa shape index (κ1) is 15.3. The van der Waals surface area contributed by atoms with Crippen LogP contribution in [-0.2, 0) is 0 Å². The van der Waals surface area contributed by atoms with Gasteiger partial charge in [-0.15, -0.1) is 0 Å². The van der Waals surface area contributed by atoms with Crippen LogP contribution in [-0.4, -0.2) is 55.6 Å². The summed E-state index contributed by atoms with van der Waals surface area (Å²) in [7, 11) is 4.49. The van der Waals surface area contributed by atoms with Gasteiger partial charge in [0.2, 0.25) is 0 Å². The first-order valence-electron chi connectivity index (χ1n) is 8.10. The summed E-state index contributed by atoms with van der Waals surface area (Å²) in [6, 6.07) is 1.05. The molecule has 4 unspecified atom stereocenters. The molecular weight excluding hydrogens is 234 g/mol. The third-order valence-electron chi connectivity index (χ3n) is 5.34. The van der Waals surface area contributed by atoms with Gasteiger partial charge in [0.05, 0.1) is 0 Å². The minimum atomic E-state index is 0.393. The fourth-order valence-electron chi connectivity index (χ4n) is 4.22. The maximum absolute atomic E-state index is 6.57. The number of likely N-dealkylation sites (N-methyl/N-ethyl adjacent to an activating group) is 2. The van der Waals surface area contributed by atoms with Crippen LogP contribution in [0.4, 0.5) is 0 Å². The highest BCUT2D eigenvalue weighted by atomic mass is 15.3. The Balaban J connectivity index is 1.87. The van der Waals surface area contributed by atoms with E-state index in [9.17, 15) is 0 Å². The zero-order valence-corrected chi connectivity index (χ0v) is 13.3. The molecule has 0 aromatic rings. The molecule has 1 heterocycles. The second-order valence-corrected chi connectivity index (χ2v) is 7.47. The Morgan fingerprint density at radius 2 is 1.68 bits per heavy atom. The quantitative estimate of drug-likeness (QED) is 0.849. The highest BCUT2D eigenvalue weighted by molar-refractivity contribution is 4.87. The fraction of sp³-hybridized carbons (Fsp3) is 1.00. The SMILES string of the molecule is CC1CC(C)CC(C(N)CC2CN(C)CCN2C)C1. The van der Waals surface area contributed by atoms with E-state index in [1.165, 1.54) is 45.3 Å². The van der Waals surface area contributed by atoms with Gasteiger partial charge in [-0.05, 0) is 57.5 Å². The molecule has 0 radical (unpaired) electrons. The number of piperazine rings is 1. The van der Waals surface area contributed by atoms with Gasteiger partial charge in [0.1, 0.15) is 0 Å². The van der Waals surface area contributed by atoms with Crippen LogP contribution in [0, 0.1) is 17.8 Å². The lowest BCUT2D eigenvalue weighted by Gasteiger charge is -2.41. The van der Waals surface area contributed by atoms with E-state index < -0.39 is 0 Å². The molecule has 0 aromatic carbocycles. The molecule has 19 heavy (non-hydrogen) atoms. The van der Waals surface area contributed by atoms with Gasteiger partial charge in [-0.3, -0.25) is 0 Å². The van der Waals surface area contributed by atoms with Gasteiger partial charge in [0, 0.05) is 31.7 Å². The van der Waals surface area contributed by atoms with Gasteiger partial charge in [-0.1, -0.05) is 13.8 Å². The molecule has 2 fully saturated rings. The Kier molecular flexibility index (Phi) is 5.27. The molecule has 1 aliphatic carbocycles. The lowest BCUT2D eigenvalue weighted by molar-refractivity contribution is 0.0902. The molecule has 112 valence electrons. The van der Waals surface area contributed by atoms with Crippen LogP contribution in [0.15, 0.2) is 0 Å². The second kappa shape index (κ2) is 6.55. The summed E-state index contributed by atoms with van der Waals surface area (Å²) in [5, 5.41) is 0. The highest BCUT2D eigenvalue weighted by Gasteiger charge is 2.31. The summed E-state index contributed by atoms with van der Waals surface area (Å²) in [6.07, 6.45) is 5.26. The molecule has 1 aliphatic heterocycles. The van der Waals surface area contributed by atoms with Crippen molar-refractivity contribution in [2.75, 3.05) is 33.7 Å². The van der Waals surface area contributed by atoms with E-state index >= 15 is 0 Å². The Morgan fingerprint density at radius 1 is 1.05 bits per heavy atom. The predicted molar refractivity (Wildman–Crippen MR) is 82.2 cm³/mol. The van der Waals surface area contributed by atoms with Crippen LogP contribution in [0.2, 0.25) is 0 Å². The Bertz CT molecular complexity index is 271. The van der Waals surface area contributed by atoms with E-state index in [0.29, 0.717) is 12.1 Å². The van der Waals surface area contributed by atoms with E-state index in [4.69, 9.17) is 5.73 Å². The average molecular weight is 267 g/mol. The second-order valence-electron chi connectivity index (χ2n) is 7.47. The van der Waals surface area contributed by atoms with E-state index in [0.717, 1.165) is 17.8 Å². The number of hydrogen-bond donors (Lipinski definition) is 1.